The summed E-state index contributed by atoms with van der Waals surface area (Å²) in [6, 6.07) is 9.11. The third kappa shape index (κ3) is 1.80. The minimum atomic E-state index is -1.00. The third-order valence-electron chi connectivity index (χ3n) is 2.39. The summed E-state index contributed by atoms with van der Waals surface area (Å²) >= 11 is 0. The summed E-state index contributed by atoms with van der Waals surface area (Å²) < 4.78 is 0. The van der Waals surface area contributed by atoms with Crippen LogP contribution in [0.2, 0.25) is 0 Å². The molecule has 2 rings (SSSR count). The van der Waals surface area contributed by atoms with Crippen LogP contribution in [-0.4, -0.2) is 16.1 Å². The van der Waals surface area contributed by atoms with E-state index in [4.69, 9.17) is 5.11 Å². The zero-order valence-corrected chi connectivity index (χ0v) is 8.68. The van der Waals surface area contributed by atoms with Crippen molar-refractivity contribution in [3.8, 4) is 0 Å². The number of fused-ring (bicyclic) bond motifs is 1. The Bertz CT molecular complexity index is 561. The number of para-hydroxylation sites is 1. The highest BCUT2D eigenvalue weighted by Crippen LogP contribution is 2.19. The summed E-state index contributed by atoms with van der Waals surface area (Å²) in [7, 11) is 0. The van der Waals surface area contributed by atoms with Gasteiger partial charge in [-0.2, -0.15) is 0 Å². The van der Waals surface area contributed by atoms with E-state index in [0.29, 0.717) is 11.9 Å². The topological polar surface area (TPSA) is 50.2 Å². The van der Waals surface area contributed by atoms with E-state index in [1.54, 1.807) is 12.1 Å². The molecule has 0 aliphatic rings. The highest BCUT2D eigenvalue weighted by molar-refractivity contribution is 5.91. The molecule has 0 atom stereocenters. The van der Waals surface area contributed by atoms with E-state index in [2.05, 4.69) is 11.6 Å². The second-order valence-electron chi connectivity index (χ2n) is 3.48. The van der Waals surface area contributed by atoms with Gasteiger partial charge in [-0.25, -0.2) is 9.78 Å². The predicted molar refractivity (Wildman–Crippen MR) is 62.6 cm³/mol. The number of hydrogen-bond donors (Lipinski definition) is 1. The Balaban J connectivity index is 2.72. The standard InChI is InChI=1S/C13H11NO2/c1-2-5-9-8-12(13(15)16)14-11-7-4-3-6-10(9)11/h2-4,6-8H,1,5H2,(H,15,16). The number of rotatable bonds is 3. The van der Waals surface area contributed by atoms with Crippen molar-refractivity contribution < 1.29 is 9.90 Å². The maximum atomic E-state index is 10.9. The fraction of sp³-hybridized carbons (Fsp3) is 0.0769. The van der Waals surface area contributed by atoms with Crippen LogP contribution >= 0.6 is 0 Å². The number of carbonyl (C=O) groups is 1. The molecule has 80 valence electrons. The first-order valence-electron chi connectivity index (χ1n) is 4.95. The minimum Gasteiger partial charge on any atom is -0.477 e. The van der Waals surface area contributed by atoms with Gasteiger partial charge in [-0.3, -0.25) is 0 Å². The van der Waals surface area contributed by atoms with Gasteiger partial charge in [0.25, 0.3) is 0 Å². The van der Waals surface area contributed by atoms with Crippen LogP contribution in [0.25, 0.3) is 10.9 Å². The van der Waals surface area contributed by atoms with E-state index in [0.717, 1.165) is 10.9 Å². The van der Waals surface area contributed by atoms with Crippen LogP contribution in [0, 0.1) is 0 Å². The number of pyridine rings is 1. The molecule has 0 saturated carbocycles. The molecule has 16 heavy (non-hydrogen) atoms. The van der Waals surface area contributed by atoms with E-state index in [1.807, 2.05) is 24.3 Å². The SMILES string of the molecule is C=CCc1cc(C(=O)O)nc2ccccc12. The van der Waals surface area contributed by atoms with Crippen LogP contribution in [0.5, 0.6) is 0 Å². The van der Waals surface area contributed by atoms with Crippen molar-refractivity contribution in [3.63, 3.8) is 0 Å². The Labute approximate surface area is 93.1 Å². The van der Waals surface area contributed by atoms with Crippen molar-refractivity contribution in [1.29, 1.82) is 0 Å². The third-order valence-corrected chi connectivity index (χ3v) is 2.39. The molecule has 0 spiro atoms. The summed E-state index contributed by atoms with van der Waals surface area (Å²) in [4.78, 5) is 15.0. The van der Waals surface area contributed by atoms with Gasteiger partial charge in [-0.15, -0.1) is 6.58 Å². The van der Waals surface area contributed by atoms with Crippen molar-refractivity contribution in [2.45, 2.75) is 6.42 Å². The quantitative estimate of drug-likeness (QED) is 0.797. The normalized spacial score (nSPS) is 10.2. The van der Waals surface area contributed by atoms with Gasteiger partial charge in [0.1, 0.15) is 5.69 Å². The Kier molecular flexibility index (Phi) is 2.68. The Morgan fingerprint density at radius 1 is 1.44 bits per heavy atom. The fourth-order valence-corrected chi connectivity index (χ4v) is 1.68. The first-order chi connectivity index (χ1) is 7.72. The van der Waals surface area contributed by atoms with E-state index in [1.165, 1.54) is 0 Å². The molecule has 2 aromatic rings. The van der Waals surface area contributed by atoms with E-state index < -0.39 is 5.97 Å². The summed E-state index contributed by atoms with van der Waals surface area (Å²) in [5, 5.41) is 9.93. The molecule has 3 heteroatoms. The summed E-state index contributed by atoms with van der Waals surface area (Å²) in [5.41, 5.74) is 1.73. The average Bonchev–Trinajstić information content (AvgIpc) is 2.29. The molecule has 0 aliphatic carbocycles. The molecule has 0 bridgehead atoms. The number of benzene rings is 1. The van der Waals surface area contributed by atoms with Crippen LogP contribution < -0.4 is 0 Å². The lowest BCUT2D eigenvalue weighted by molar-refractivity contribution is 0.0691. The number of nitrogens with zero attached hydrogens (tertiary/aromatic N) is 1. The highest BCUT2D eigenvalue weighted by Gasteiger charge is 2.09. The van der Waals surface area contributed by atoms with Crippen LogP contribution in [0.4, 0.5) is 0 Å². The first kappa shape index (κ1) is 10.4. The van der Waals surface area contributed by atoms with Crippen molar-refractivity contribution in [2.75, 3.05) is 0 Å². The molecule has 1 aromatic carbocycles. The van der Waals surface area contributed by atoms with Gasteiger partial charge >= 0.3 is 5.97 Å². The molecule has 3 nitrogen and oxygen atoms in total. The largest absolute Gasteiger partial charge is 0.477 e. The molecule has 1 aromatic heterocycles. The summed E-state index contributed by atoms with van der Waals surface area (Å²) in [6.07, 6.45) is 2.40. The lowest BCUT2D eigenvalue weighted by Gasteiger charge is -2.05. The maximum Gasteiger partial charge on any atom is 0.354 e. The van der Waals surface area contributed by atoms with E-state index >= 15 is 0 Å². The van der Waals surface area contributed by atoms with Gasteiger partial charge in [0.05, 0.1) is 5.52 Å². The van der Waals surface area contributed by atoms with Crippen molar-refractivity contribution in [2.24, 2.45) is 0 Å². The molecule has 0 saturated heterocycles. The monoisotopic (exact) mass is 213 g/mol. The molecule has 1 N–H and O–H groups in total. The van der Waals surface area contributed by atoms with Crippen LogP contribution in [0.1, 0.15) is 16.1 Å². The minimum absolute atomic E-state index is 0.0792. The Hall–Kier alpha value is -2.16. The number of aromatic carboxylic acids is 1. The van der Waals surface area contributed by atoms with E-state index in [-0.39, 0.29) is 5.69 Å². The Morgan fingerprint density at radius 2 is 2.19 bits per heavy atom. The number of carboxylic acids is 1. The number of allylic oxidation sites excluding steroid dienone is 1. The highest BCUT2D eigenvalue weighted by atomic mass is 16.4. The fourth-order valence-electron chi connectivity index (χ4n) is 1.68. The number of carboxylic acid groups (broad SMARTS) is 1. The number of aromatic nitrogens is 1. The molecular formula is C13H11NO2. The molecule has 1 heterocycles. The second-order valence-corrected chi connectivity index (χ2v) is 3.48. The van der Waals surface area contributed by atoms with Crippen molar-refractivity contribution >= 4 is 16.9 Å². The molecule has 0 aliphatic heterocycles. The zero-order valence-electron chi connectivity index (χ0n) is 8.68. The van der Waals surface area contributed by atoms with E-state index in [9.17, 15) is 4.79 Å². The number of hydrogen-bond acceptors (Lipinski definition) is 2. The Morgan fingerprint density at radius 3 is 2.88 bits per heavy atom. The van der Waals surface area contributed by atoms with Gasteiger partial charge in [0, 0.05) is 5.39 Å². The smallest absolute Gasteiger partial charge is 0.354 e. The van der Waals surface area contributed by atoms with Gasteiger partial charge in [0.15, 0.2) is 0 Å². The molecule has 0 radical (unpaired) electrons. The predicted octanol–water partition coefficient (Wildman–Crippen LogP) is 2.66. The average molecular weight is 213 g/mol. The van der Waals surface area contributed by atoms with Gasteiger partial charge in [-0.1, -0.05) is 24.3 Å². The molecular weight excluding hydrogens is 202 g/mol. The van der Waals surface area contributed by atoms with Crippen LogP contribution in [-0.2, 0) is 6.42 Å². The van der Waals surface area contributed by atoms with Crippen molar-refractivity contribution in [1.82, 2.24) is 4.98 Å². The molecule has 0 fully saturated rings. The molecule has 0 unspecified atom stereocenters. The van der Waals surface area contributed by atoms with Gasteiger partial charge in [-0.05, 0) is 24.1 Å². The van der Waals surface area contributed by atoms with Crippen LogP contribution in [0.15, 0.2) is 43.0 Å². The summed E-state index contributed by atoms with van der Waals surface area (Å²) in [6.45, 7) is 3.67. The lowest BCUT2D eigenvalue weighted by atomic mass is 10.0. The lowest BCUT2D eigenvalue weighted by Crippen LogP contribution is -2.02. The summed E-state index contributed by atoms with van der Waals surface area (Å²) in [5.74, 6) is -1.00. The molecule has 0 amide bonds. The maximum absolute atomic E-state index is 10.9. The van der Waals surface area contributed by atoms with Crippen molar-refractivity contribution in [3.05, 3.63) is 54.2 Å². The first-order valence-corrected chi connectivity index (χ1v) is 4.95. The second kappa shape index (κ2) is 4.14. The van der Waals surface area contributed by atoms with Gasteiger partial charge < -0.3 is 5.11 Å². The van der Waals surface area contributed by atoms with Crippen LogP contribution in [0.3, 0.4) is 0 Å². The zero-order chi connectivity index (χ0) is 11.5. The van der Waals surface area contributed by atoms with Gasteiger partial charge in [0.2, 0.25) is 0 Å².